The van der Waals surface area contributed by atoms with Crippen molar-refractivity contribution in [3.8, 4) is 5.75 Å². The molecule has 0 saturated carbocycles. The minimum atomic E-state index is 0. The average Bonchev–Trinajstić information content (AvgIpc) is 2.76. The number of para-hydroxylation sites is 1. The first-order valence-corrected chi connectivity index (χ1v) is 9.73. The van der Waals surface area contributed by atoms with E-state index in [0.29, 0.717) is 6.54 Å². The van der Waals surface area contributed by atoms with E-state index in [9.17, 15) is 0 Å². The number of hydrogen-bond donors (Lipinski definition) is 2. The van der Waals surface area contributed by atoms with E-state index in [2.05, 4.69) is 50.9 Å². The van der Waals surface area contributed by atoms with E-state index in [-0.39, 0.29) is 24.0 Å². The summed E-state index contributed by atoms with van der Waals surface area (Å²) in [6, 6.07) is 16.6. The summed E-state index contributed by atoms with van der Waals surface area (Å²) in [7, 11) is 3.48. The van der Waals surface area contributed by atoms with Gasteiger partial charge in [0.1, 0.15) is 5.75 Å². The number of nitrogens with zero attached hydrogens (tertiary/aromatic N) is 2. The van der Waals surface area contributed by atoms with Gasteiger partial charge in [-0.1, -0.05) is 42.5 Å². The van der Waals surface area contributed by atoms with Crippen molar-refractivity contribution in [1.29, 1.82) is 0 Å². The maximum absolute atomic E-state index is 5.45. The lowest BCUT2D eigenvalue weighted by molar-refractivity contribution is 0.0341. The maximum Gasteiger partial charge on any atom is 0.191 e. The van der Waals surface area contributed by atoms with E-state index in [1.54, 1.807) is 14.2 Å². The number of aliphatic imine (C=N–C) groups is 1. The second-order valence-electron chi connectivity index (χ2n) is 6.75. The Kier molecular flexibility index (Phi) is 10.2. The third kappa shape index (κ3) is 7.17. The van der Waals surface area contributed by atoms with E-state index in [0.717, 1.165) is 56.7 Å². The number of nitrogens with one attached hydrogen (secondary N) is 2. The van der Waals surface area contributed by atoms with Crippen LogP contribution in [0.3, 0.4) is 0 Å². The Morgan fingerprint density at radius 3 is 2.21 bits per heavy atom. The Morgan fingerprint density at radius 2 is 1.55 bits per heavy atom. The molecule has 2 N–H and O–H groups in total. The number of halogens is 1. The van der Waals surface area contributed by atoms with Gasteiger partial charge in [0.2, 0.25) is 0 Å². The smallest absolute Gasteiger partial charge is 0.191 e. The van der Waals surface area contributed by atoms with Gasteiger partial charge in [-0.15, -0.1) is 24.0 Å². The van der Waals surface area contributed by atoms with E-state index >= 15 is 0 Å². The highest BCUT2D eigenvalue weighted by Gasteiger charge is 2.13. The first kappa shape index (κ1) is 23.4. The minimum absolute atomic E-state index is 0. The molecule has 7 heteroatoms. The summed E-state index contributed by atoms with van der Waals surface area (Å²) in [4.78, 5) is 6.79. The quantitative estimate of drug-likeness (QED) is 0.341. The highest BCUT2D eigenvalue weighted by molar-refractivity contribution is 14.0. The lowest BCUT2D eigenvalue weighted by Crippen LogP contribution is -2.37. The number of methoxy groups -OCH3 is 1. The molecule has 0 aliphatic carbocycles. The monoisotopic (exact) mass is 510 g/mol. The molecular weight excluding hydrogens is 479 g/mol. The second-order valence-corrected chi connectivity index (χ2v) is 6.75. The molecule has 158 valence electrons. The average molecular weight is 510 g/mol. The fraction of sp³-hybridized carbons (Fsp3) is 0.409. The van der Waals surface area contributed by atoms with Crippen LogP contribution >= 0.6 is 24.0 Å². The number of benzene rings is 2. The summed E-state index contributed by atoms with van der Waals surface area (Å²) in [6.45, 7) is 5.95. The summed E-state index contributed by atoms with van der Waals surface area (Å²) in [5, 5.41) is 6.79. The Labute approximate surface area is 190 Å². The Hall–Kier alpha value is -1.84. The van der Waals surface area contributed by atoms with Gasteiger partial charge in [0.15, 0.2) is 5.96 Å². The van der Waals surface area contributed by atoms with Crippen LogP contribution in [-0.2, 0) is 24.4 Å². The Bertz CT molecular complexity index is 779. The SMILES string of the molecule is CN=C(NCc1ccccc1CN1CCOCC1)NCc1ccccc1OC.I. The van der Waals surface area contributed by atoms with E-state index in [4.69, 9.17) is 9.47 Å². The Balaban J connectivity index is 0.00000300. The van der Waals surface area contributed by atoms with E-state index in [1.165, 1.54) is 11.1 Å². The van der Waals surface area contributed by atoms with Crippen molar-refractivity contribution in [1.82, 2.24) is 15.5 Å². The molecule has 1 saturated heterocycles. The maximum atomic E-state index is 5.45. The molecule has 1 aliphatic heterocycles. The van der Waals surface area contributed by atoms with Crippen molar-refractivity contribution in [3.05, 3.63) is 65.2 Å². The zero-order chi connectivity index (χ0) is 19.6. The van der Waals surface area contributed by atoms with Crippen molar-refractivity contribution in [2.45, 2.75) is 19.6 Å². The number of morpholine rings is 1. The van der Waals surface area contributed by atoms with Gasteiger partial charge in [-0.3, -0.25) is 9.89 Å². The van der Waals surface area contributed by atoms with Crippen LogP contribution in [0.2, 0.25) is 0 Å². The highest BCUT2D eigenvalue weighted by Crippen LogP contribution is 2.17. The molecule has 29 heavy (non-hydrogen) atoms. The summed E-state index contributed by atoms with van der Waals surface area (Å²) in [6.07, 6.45) is 0. The molecular formula is C22H31IN4O2. The van der Waals surface area contributed by atoms with Crippen LogP contribution in [0.4, 0.5) is 0 Å². The van der Waals surface area contributed by atoms with Gasteiger partial charge in [-0.2, -0.15) is 0 Å². The molecule has 2 aromatic rings. The molecule has 6 nitrogen and oxygen atoms in total. The zero-order valence-electron chi connectivity index (χ0n) is 17.2. The van der Waals surface area contributed by atoms with Gasteiger partial charge in [0, 0.05) is 45.3 Å². The summed E-state index contributed by atoms with van der Waals surface area (Å²) in [5.74, 6) is 1.65. The molecule has 0 spiro atoms. The van der Waals surface area contributed by atoms with Crippen LogP contribution in [0.25, 0.3) is 0 Å². The van der Waals surface area contributed by atoms with Crippen molar-refractivity contribution < 1.29 is 9.47 Å². The molecule has 0 radical (unpaired) electrons. The third-order valence-electron chi connectivity index (χ3n) is 4.92. The zero-order valence-corrected chi connectivity index (χ0v) is 19.5. The number of guanidine groups is 1. The van der Waals surface area contributed by atoms with Gasteiger partial charge < -0.3 is 20.1 Å². The van der Waals surface area contributed by atoms with Crippen LogP contribution < -0.4 is 15.4 Å². The predicted octanol–water partition coefficient (Wildman–Crippen LogP) is 3.01. The Morgan fingerprint density at radius 1 is 0.966 bits per heavy atom. The predicted molar refractivity (Wildman–Crippen MR) is 128 cm³/mol. The fourth-order valence-electron chi connectivity index (χ4n) is 3.31. The molecule has 0 amide bonds. The van der Waals surface area contributed by atoms with Crippen LogP contribution in [-0.4, -0.2) is 51.3 Å². The van der Waals surface area contributed by atoms with Crippen molar-refractivity contribution in [2.75, 3.05) is 40.5 Å². The van der Waals surface area contributed by atoms with Crippen LogP contribution in [0.5, 0.6) is 5.75 Å². The van der Waals surface area contributed by atoms with E-state index < -0.39 is 0 Å². The standard InChI is InChI=1S/C22H30N4O2.HI/c1-23-22(25-16-19-8-5-6-10-21(19)27-2)24-15-18-7-3-4-9-20(18)17-26-11-13-28-14-12-26;/h3-10H,11-17H2,1-2H3,(H2,23,24,25);1H. The third-order valence-corrected chi connectivity index (χ3v) is 4.92. The van der Waals surface area contributed by atoms with Crippen LogP contribution in [0.1, 0.15) is 16.7 Å². The van der Waals surface area contributed by atoms with Crippen molar-refractivity contribution >= 4 is 29.9 Å². The summed E-state index contributed by atoms with van der Waals surface area (Å²) >= 11 is 0. The first-order valence-electron chi connectivity index (χ1n) is 9.73. The molecule has 1 aliphatic rings. The fourth-order valence-corrected chi connectivity index (χ4v) is 3.31. The van der Waals surface area contributed by atoms with Gasteiger partial charge in [0.05, 0.1) is 20.3 Å². The molecule has 1 fully saturated rings. The van der Waals surface area contributed by atoms with E-state index in [1.807, 2.05) is 18.2 Å². The molecule has 1 heterocycles. The van der Waals surface area contributed by atoms with Crippen molar-refractivity contribution in [2.24, 2.45) is 4.99 Å². The molecule has 2 aromatic carbocycles. The van der Waals surface area contributed by atoms with Crippen LogP contribution in [0, 0.1) is 0 Å². The van der Waals surface area contributed by atoms with Gasteiger partial charge in [-0.05, 0) is 17.2 Å². The number of ether oxygens (including phenoxy) is 2. The normalized spacial score (nSPS) is 14.8. The van der Waals surface area contributed by atoms with Gasteiger partial charge in [0.25, 0.3) is 0 Å². The summed E-state index contributed by atoms with van der Waals surface area (Å²) < 4.78 is 10.9. The largest absolute Gasteiger partial charge is 0.496 e. The first-order chi connectivity index (χ1) is 13.8. The van der Waals surface area contributed by atoms with Crippen molar-refractivity contribution in [3.63, 3.8) is 0 Å². The number of hydrogen-bond acceptors (Lipinski definition) is 4. The lowest BCUT2D eigenvalue weighted by Gasteiger charge is -2.27. The molecule has 0 aromatic heterocycles. The number of rotatable bonds is 7. The molecule has 0 unspecified atom stereocenters. The highest BCUT2D eigenvalue weighted by atomic mass is 127. The van der Waals surface area contributed by atoms with Crippen LogP contribution in [0.15, 0.2) is 53.5 Å². The topological polar surface area (TPSA) is 58.1 Å². The lowest BCUT2D eigenvalue weighted by atomic mass is 10.1. The second kappa shape index (κ2) is 12.7. The van der Waals surface area contributed by atoms with Gasteiger partial charge >= 0.3 is 0 Å². The minimum Gasteiger partial charge on any atom is -0.496 e. The molecule has 3 rings (SSSR count). The van der Waals surface area contributed by atoms with Gasteiger partial charge in [-0.25, -0.2) is 0 Å². The molecule has 0 atom stereocenters. The summed E-state index contributed by atoms with van der Waals surface area (Å²) in [5.41, 5.74) is 3.73. The molecule has 0 bridgehead atoms.